The maximum Gasteiger partial charge on any atom is 0.214 e. The van der Waals surface area contributed by atoms with Crippen molar-refractivity contribution < 1.29 is 8.81 Å². The zero-order chi connectivity index (χ0) is 14.4. The van der Waals surface area contributed by atoms with E-state index in [4.69, 9.17) is 39.1 Å². The SMILES string of the molecule is Nc1oc2c(-c3cc(Cl)c(F)c(Cl)c3)nccc2c1N. The van der Waals surface area contributed by atoms with Gasteiger partial charge in [-0.2, -0.15) is 0 Å². The van der Waals surface area contributed by atoms with Gasteiger partial charge in [-0.25, -0.2) is 4.39 Å². The summed E-state index contributed by atoms with van der Waals surface area (Å²) in [5.41, 5.74) is 13.2. The smallest absolute Gasteiger partial charge is 0.214 e. The van der Waals surface area contributed by atoms with E-state index in [2.05, 4.69) is 4.98 Å². The van der Waals surface area contributed by atoms with Gasteiger partial charge in [0, 0.05) is 17.1 Å². The van der Waals surface area contributed by atoms with Gasteiger partial charge in [0.2, 0.25) is 5.88 Å². The Kier molecular flexibility index (Phi) is 2.96. The Morgan fingerprint density at radius 3 is 2.45 bits per heavy atom. The molecular formula is C13H8Cl2FN3O. The number of hydrogen-bond donors (Lipinski definition) is 2. The Labute approximate surface area is 123 Å². The average molecular weight is 312 g/mol. The van der Waals surface area contributed by atoms with Crippen molar-refractivity contribution in [3.63, 3.8) is 0 Å². The van der Waals surface area contributed by atoms with Gasteiger partial charge in [-0.15, -0.1) is 0 Å². The molecule has 3 rings (SSSR count). The lowest BCUT2D eigenvalue weighted by molar-refractivity contribution is 0.628. The second-order valence-corrected chi connectivity index (χ2v) is 4.98. The maximum absolute atomic E-state index is 13.5. The highest BCUT2D eigenvalue weighted by Gasteiger charge is 2.17. The highest BCUT2D eigenvalue weighted by molar-refractivity contribution is 6.35. The van der Waals surface area contributed by atoms with E-state index in [-0.39, 0.29) is 15.9 Å². The standard InChI is InChI=1S/C13H8Cl2FN3O/c14-7-3-5(4-8(15)9(7)16)11-12-6(1-2-19-11)10(17)13(18)20-12/h1-4H,17-18H2. The number of anilines is 2. The van der Waals surface area contributed by atoms with Gasteiger partial charge < -0.3 is 15.9 Å². The number of nitrogens with zero attached hydrogens (tertiary/aromatic N) is 1. The van der Waals surface area contributed by atoms with Crippen LogP contribution in [0, 0.1) is 5.82 Å². The summed E-state index contributed by atoms with van der Waals surface area (Å²) < 4.78 is 18.9. The lowest BCUT2D eigenvalue weighted by atomic mass is 10.1. The molecule has 102 valence electrons. The summed E-state index contributed by atoms with van der Waals surface area (Å²) in [7, 11) is 0. The molecule has 3 aromatic rings. The van der Waals surface area contributed by atoms with Crippen LogP contribution in [0.25, 0.3) is 22.2 Å². The van der Waals surface area contributed by atoms with Gasteiger partial charge in [0.05, 0.1) is 10.0 Å². The molecule has 4 nitrogen and oxygen atoms in total. The lowest BCUT2D eigenvalue weighted by Gasteiger charge is -2.04. The van der Waals surface area contributed by atoms with Gasteiger partial charge in [0.1, 0.15) is 11.4 Å². The zero-order valence-corrected chi connectivity index (χ0v) is 11.5. The third kappa shape index (κ3) is 1.87. The molecule has 0 spiro atoms. The van der Waals surface area contributed by atoms with E-state index in [1.807, 2.05) is 0 Å². The van der Waals surface area contributed by atoms with Crippen LogP contribution >= 0.6 is 23.2 Å². The van der Waals surface area contributed by atoms with Crippen molar-refractivity contribution in [2.24, 2.45) is 0 Å². The van der Waals surface area contributed by atoms with Crippen molar-refractivity contribution >= 4 is 45.7 Å². The minimum absolute atomic E-state index is 0.0983. The summed E-state index contributed by atoms with van der Waals surface area (Å²) >= 11 is 11.6. The van der Waals surface area contributed by atoms with Crippen LogP contribution in [0.15, 0.2) is 28.8 Å². The van der Waals surface area contributed by atoms with E-state index in [0.29, 0.717) is 27.9 Å². The summed E-state index contributed by atoms with van der Waals surface area (Å²) in [6, 6.07) is 4.51. The number of rotatable bonds is 1. The van der Waals surface area contributed by atoms with Gasteiger partial charge in [0.25, 0.3) is 0 Å². The average Bonchev–Trinajstić information content (AvgIpc) is 2.71. The van der Waals surface area contributed by atoms with Crippen molar-refractivity contribution in [1.82, 2.24) is 4.98 Å². The number of nitrogens with two attached hydrogens (primary N) is 2. The first-order valence-corrected chi connectivity index (χ1v) is 6.32. The molecule has 0 atom stereocenters. The van der Waals surface area contributed by atoms with Crippen LogP contribution in [0.1, 0.15) is 0 Å². The van der Waals surface area contributed by atoms with Crippen molar-refractivity contribution in [2.75, 3.05) is 11.5 Å². The summed E-state index contributed by atoms with van der Waals surface area (Å²) in [5.74, 6) is -0.573. The molecule has 0 aliphatic carbocycles. The van der Waals surface area contributed by atoms with Crippen molar-refractivity contribution in [2.45, 2.75) is 0 Å². The first kappa shape index (κ1) is 13.0. The molecule has 2 heterocycles. The Hall–Kier alpha value is -1.98. The molecule has 4 N–H and O–H groups in total. The molecule has 0 amide bonds. The third-order valence-electron chi connectivity index (χ3n) is 2.93. The summed E-state index contributed by atoms with van der Waals surface area (Å²) in [6.45, 7) is 0. The second kappa shape index (κ2) is 4.54. The molecule has 0 aliphatic heterocycles. The number of pyridine rings is 1. The zero-order valence-electron chi connectivity index (χ0n) is 9.95. The first-order chi connectivity index (χ1) is 9.49. The molecule has 1 aromatic carbocycles. The van der Waals surface area contributed by atoms with Gasteiger partial charge >= 0.3 is 0 Å². The molecule has 0 aliphatic rings. The summed E-state index contributed by atoms with van der Waals surface area (Å²) in [6.07, 6.45) is 1.55. The normalized spacial score (nSPS) is 11.2. The largest absolute Gasteiger partial charge is 0.436 e. The Morgan fingerprint density at radius 1 is 1.15 bits per heavy atom. The van der Waals surface area contributed by atoms with Crippen molar-refractivity contribution in [1.29, 1.82) is 0 Å². The topological polar surface area (TPSA) is 78.1 Å². The van der Waals surface area contributed by atoms with E-state index in [0.717, 1.165) is 0 Å². The second-order valence-electron chi connectivity index (χ2n) is 4.17. The molecule has 0 radical (unpaired) electrons. The van der Waals surface area contributed by atoms with Crippen LogP contribution in [0.4, 0.5) is 16.0 Å². The number of hydrogen-bond acceptors (Lipinski definition) is 4. The fourth-order valence-corrected chi connectivity index (χ4v) is 2.45. The van der Waals surface area contributed by atoms with Crippen molar-refractivity contribution in [3.8, 4) is 11.3 Å². The molecule has 7 heteroatoms. The minimum Gasteiger partial charge on any atom is -0.436 e. The Morgan fingerprint density at radius 2 is 1.80 bits per heavy atom. The van der Waals surface area contributed by atoms with Crippen LogP contribution in [0.2, 0.25) is 10.0 Å². The highest BCUT2D eigenvalue weighted by Crippen LogP contribution is 2.37. The molecule has 0 bridgehead atoms. The highest BCUT2D eigenvalue weighted by atomic mass is 35.5. The van der Waals surface area contributed by atoms with Crippen LogP contribution in [0.3, 0.4) is 0 Å². The van der Waals surface area contributed by atoms with E-state index < -0.39 is 5.82 Å². The molecule has 0 saturated carbocycles. The molecule has 2 aromatic heterocycles. The molecular weight excluding hydrogens is 304 g/mol. The van der Waals surface area contributed by atoms with Crippen LogP contribution in [-0.4, -0.2) is 4.98 Å². The molecule has 0 saturated heterocycles. The third-order valence-corrected chi connectivity index (χ3v) is 3.48. The Bertz CT molecular complexity index is 809. The first-order valence-electron chi connectivity index (χ1n) is 5.56. The monoisotopic (exact) mass is 311 g/mol. The number of furan rings is 1. The predicted molar refractivity (Wildman–Crippen MR) is 78.2 cm³/mol. The van der Waals surface area contributed by atoms with Gasteiger partial charge in [-0.1, -0.05) is 23.2 Å². The number of fused-ring (bicyclic) bond motifs is 1. The molecule has 0 fully saturated rings. The summed E-state index contributed by atoms with van der Waals surface area (Å²) in [4.78, 5) is 4.20. The molecule has 0 unspecified atom stereocenters. The van der Waals surface area contributed by atoms with E-state index in [9.17, 15) is 4.39 Å². The number of halogens is 3. The van der Waals surface area contributed by atoms with E-state index >= 15 is 0 Å². The fourth-order valence-electron chi connectivity index (χ4n) is 1.96. The van der Waals surface area contributed by atoms with Crippen LogP contribution in [-0.2, 0) is 0 Å². The minimum atomic E-state index is -0.678. The number of benzene rings is 1. The predicted octanol–water partition coefficient (Wildman–Crippen LogP) is 4.11. The molecule has 20 heavy (non-hydrogen) atoms. The summed E-state index contributed by atoms with van der Waals surface area (Å²) in [5, 5.41) is 0.432. The van der Waals surface area contributed by atoms with Gasteiger partial charge in [-0.3, -0.25) is 4.98 Å². The van der Waals surface area contributed by atoms with E-state index in [1.165, 1.54) is 12.1 Å². The lowest BCUT2D eigenvalue weighted by Crippen LogP contribution is -1.89. The van der Waals surface area contributed by atoms with Crippen LogP contribution in [0.5, 0.6) is 0 Å². The fraction of sp³-hybridized carbons (Fsp3) is 0. The van der Waals surface area contributed by atoms with Crippen LogP contribution < -0.4 is 11.5 Å². The van der Waals surface area contributed by atoms with Gasteiger partial charge in [-0.05, 0) is 18.2 Å². The van der Waals surface area contributed by atoms with E-state index in [1.54, 1.807) is 12.3 Å². The maximum atomic E-state index is 13.5. The quantitative estimate of drug-likeness (QED) is 0.663. The van der Waals surface area contributed by atoms with Gasteiger partial charge in [0.15, 0.2) is 11.4 Å². The van der Waals surface area contributed by atoms with Crippen molar-refractivity contribution in [3.05, 3.63) is 40.3 Å². The number of aromatic nitrogens is 1. The number of nitrogen functional groups attached to an aromatic ring is 2. The Balaban J connectivity index is 2.32.